The highest BCUT2D eigenvalue weighted by Gasteiger charge is 2.31. The summed E-state index contributed by atoms with van der Waals surface area (Å²) in [5.41, 5.74) is -1.75. The fourth-order valence-electron chi connectivity index (χ4n) is 3.42. The van der Waals surface area contributed by atoms with Crippen molar-refractivity contribution in [3.05, 3.63) is 53.7 Å². The van der Waals surface area contributed by atoms with Gasteiger partial charge in [-0.25, -0.2) is 18.1 Å². The highest BCUT2D eigenvalue weighted by atomic mass is 19.4. The molecule has 0 saturated carbocycles. The zero-order valence-corrected chi connectivity index (χ0v) is 16.6. The number of aromatic nitrogens is 2. The van der Waals surface area contributed by atoms with Crippen molar-refractivity contribution in [1.82, 2.24) is 9.61 Å². The first kappa shape index (κ1) is 20.8. The van der Waals surface area contributed by atoms with E-state index in [4.69, 9.17) is 4.74 Å². The number of ether oxygens (including phenoxy) is 1. The van der Waals surface area contributed by atoms with Gasteiger partial charge in [0.25, 0.3) is 0 Å². The SMILES string of the molecule is CC(C)(C)OC(=O)Nc1cnn2c3c(F)cc(F)cc3c3cc(C(F)(F)F)ccc3c12. The number of nitrogens with zero attached hydrogens (tertiary/aromatic N) is 2. The standard InChI is InChI=1S/C21H16F5N3O2/c1-20(2,3)31-19(30)28-16-9-27-29-17-14(7-11(22)8-15(17)23)13-6-10(21(24,25)26)4-5-12(13)18(16)29/h4-9H,1-3H3,(H,28,30). The number of hydrogen-bond acceptors (Lipinski definition) is 3. The summed E-state index contributed by atoms with van der Waals surface area (Å²) in [5.74, 6) is -1.95. The number of carbonyl (C=O) groups is 1. The number of halogens is 5. The summed E-state index contributed by atoms with van der Waals surface area (Å²) in [6, 6.07) is 4.42. The Balaban J connectivity index is 2.06. The molecule has 2 aromatic carbocycles. The molecule has 2 aromatic heterocycles. The van der Waals surface area contributed by atoms with Gasteiger partial charge in [-0.15, -0.1) is 0 Å². The van der Waals surface area contributed by atoms with Crippen LogP contribution in [0.5, 0.6) is 0 Å². The lowest BCUT2D eigenvalue weighted by Gasteiger charge is -2.19. The summed E-state index contributed by atoms with van der Waals surface area (Å²) >= 11 is 0. The molecular weight excluding hydrogens is 421 g/mol. The number of fused-ring (bicyclic) bond motifs is 6. The Labute approximate surface area is 172 Å². The summed E-state index contributed by atoms with van der Waals surface area (Å²) in [6.45, 7) is 4.98. The lowest BCUT2D eigenvalue weighted by Crippen LogP contribution is -2.27. The number of hydrogen-bond donors (Lipinski definition) is 1. The maximum atomic E-state index is 14.7. The van der Waals surface area contributed by atoms with E-state index in [1.54, 1.807) is 20.8 Å². The van der Waals surface area contributed by atoms with Gasteiger partial charge in [0.2, 0.25) is 0 Å². The molecule has 0 unspecified atom stereocenters. The molecule has 5 nitrogen and oxygen atoms in total. The molecule has 4 aromatic rings. The molecule has 0 atom stereocenters. The Morgan fingerprint density at radius 1 is 1.00 bits per heavy atom. The Kier molecular flexibility index (Phi) is 4.56. The van der Waals surface area contributed by atoms with Crippen molar-refractivity contribution in [3.63, 3.8) is 0 Å². The molecule has 0 bridgehead atoms. The molecule has 2 heterocycles. The van der Waals surface area contributed by atoms with Gasteiger partial charge >= 0.3 is 12.3 Å². The van der Waals surface area contributed by atoms with Crippen LogP contribution in [0.25, 0.3) is 27.2 Å². The van der Waals surface area contributed by atoms with Crippen LogP contribution < -0.4 is 5.32 Å². The lowest BCUT2D eigenvalue weighted by atomic mass is 10.0. The van der Waals surface area contributed by atoms with Crippen molar-refractivity contribution in [2.75, 3.05) is 5.32 Å². The quantitative estimate of drug-likeness (QED) is 0.282. The van der Waals surface area contributed by atoms with E-state index in [1.165, 1.54) is 12.3 Å². The van der Waals surface area contributed by atoms with E-state index >= 15 is 0 Å². The van der Waals surface area contributed by atoms with Gasteiger partial charge in [0, 0.05) is 16.8 Å². The number of rotatable bonds is 1. The first-order valence-corrected chi connectivity index (χ1v) is 9.14. The average molecular weight is 437 g/mol. The van der Waals surface area contributed by atoms with Crippen molar-refractivity contribution in [3.8, 4) is 0 Å². The maximum Gasteiger partial charge on any atom is 0.416 e. The first-order valence-electron chi connectivity index (χ1n) is 9.14. The number of amides is 1. The molecule has 0 aliphatic heterocycles. The molecule has 31 heavy (non-hydrogen) atoms. The largest absolute Gasteiger partial charge is 0.444 e. The molecule has 10 heteroatoms. The second-order valence-corrected chi connectivity index (χ2v) is 7.99. The van der Waals surface area contributed by atoms with Gasteiger partial charge in [0.1, 0.15) is 16.9 Å². The molecule has 0 saturated heterocycles. The van der Waals surface area contributed by atoms with E-state index in [9.17, 15) is 26.7 Å². The molecule has 0 radical (unpaired) electrons. The zero-order valence-electron chi connectivity index (χ0n) is 16.6. The van der Waals surface area contributed by atoms with E-state index in [0.29, 0.717) is 6.07 Å². The van der Waals surface area contributed by atoms with Gasteiger partial charge in [0.15, 0.2) is 5.82 Å². The van der Waals surface area contributed by atoms with E-state index in [-0.39, 0.29) is 32.9 Å². The molecule has 0 spiro atoms. The number of anilines is 1. The molecule has 162 valence electrons. The van der Waals surface area contributed by atoms with Crippen LogP contribution in [0.1, 0.15) is 26.3 Å². The highest BCUT2D eigenvalue weighted by molar-refractivity contribution is 6.16. The number of carbonyl (C=O) groups excluding carboxylic acids is 1. The van der Waals surface area contributed by atoms with Gasteiger partial charge < -0.3 is 4.74 Å². The summed E-state index contributed by atoms with van der Waals surface area (Å²) < 4.78 is 74.8. The van der Waals surface area contributed by atoms with Crippen LogP contribution in [0, 0.1) is 11.6 Å². The van der Waals surface area contributed by atoms with Crippen LogP contribution in [0.15, 0.2) is 36.5 Å². The minimum atomic E-state index is -4.66. The fourth-order valence-corrected chi connectivity index (χ4v) is 3.42. The van der Waals surface area contributed by atoms with E-state index < -0.39 is 35.1 Å². The number of pyridine rings is 1. The smallest absolute Gasteiger partial charge is 0.416 e. The van der Waals surface area contributed by atoms with Crippen molar-refractivity contribution < 1.29 is 31.5 Å². The Bertz CT molecular complexity index is 1350. The fraction of sp³-hybridized carbons (Fsp3) is 0.238. The molecular formula is C21H16F5N3O2. The minimum absolute atomic E-state index is 0.0385. The predicted molar refractivity (Wildman–Crippen MR) is 105 cm³/mol. The molecule has 4 rings (SSSR count). The zero-order chi connectivity index (χ0) is 22.7. The maximum absolute atomic E-state index is 14.7. The summed E-state index contributed by atoms with van der Waals surface area (Å²) in [7, 11) is 0. The van der Waals surface area contributed by atoms with Crippen molar-refractivity contribution in [2.45, 2.75) is 32.5 Å². The average Bonchev–Trinajstić information content (AvgIpc) is 3.02. The first-order chi connectivity index (χ1) is 14.3. The Morgan fingerprint density at radius 3 is 2.35 bits per heavy atom. The molecule has 0 aliphatic rings. The van der Waals surface area contributed by atoms with Gasteiger partial charge in [0.05, 0.1) is 23.0 Å². The summed E-state index contributed by atoms with van der Waals surface area (Å²) in [6.07, 6.45) is -4.25. The highest BCUT2D eigenvalue weighted by Crippen LogP contribution is 2.38. The minimum Gasteiger partial charge on any atom is -0.444 e. The third-order valence-corrected chi connectivity index (χ3v) is 4.54. The third-order valence-electron chi connectivity index (χ3n) is 4.54. The normalized spacial score (nSPS) is 12.6. The number of alkyl halides is 3. The molecule has 0 fully saturated rings. The summed E-state index contributed by atoms with van der Waals surface area (Å²) in [4.78, 5) is 12.2. The number of benzene rings is 2. The monoisotopic (exact) mass is 437 g/mol. The molecule has 0 aliphatic carbocycles. The van der Waals surface area contributed by atoms with Gasteiger partial charge in [-0.3, -0.25) is 5.32 Å². The van der Waals surface area contributed by atoms with Gasteiger partial charge in [-0.05, 0) is 44.4 Å². The topological polar surface area (TPSA) is 55.6 Å². The van der Waals surface area contributed by atoms with Gasteiger partial charge in [-0.2, -0.15) is 18.3 Å². The predicted octanol–water partition coefficient (Wildman–Crippen LogP) is 6.28. The van der Waals surface area contributed by atoms with E-state index in [1.807, 2.05) is 0 Å². The summed E-state index contributed by atoms with van der Waals surface area (Å²) in [5, 5.41) is 6.65. The third kappa shape index (κ3) is 3.73. The van der Waals surface area contributed by atoms with Crippen molar-refractivity contribution in [2.24, 2.45) is 0 Å². The van der Waals surface area contributed by atoms with Crippen LogP contribution >= 0.6 is 0 Å². The van der Waals surface area contributed by atoms with Gasteiger partial charge in [-0.1, -0.05) is 6.07 Å². The van der Waals surface area contributed by atoms with E-state index in [2.05, 4.69) is 10.4 Å². The van der Waals surface area contributed by atoms with E-state index in [0.717, 1.165) is 22.7 Å². The van der Waals surface area contributed by atoms with Crippen LogP contribution in [-0.2, 0) is 10.9 Å². The van der Waals surface area contributed by atoms with Crippen LogP contribution in [0.4, 0.5) is 32.4 Å². The van der Waals surface area contributed by atoms with Crippen molar-refractivity contribution >= 4 is 39.0 Å². The van der Waals surface area contributed by atoms with Crippen LogP contribution in [0.3, 0.4) is 0 Å². The second kappa shape index (κ2) is 6.79. The lowest BCUT2D eigenvalue weighted by molar-refractivity contribution is -0.137. The van der Waals surface area contributed by atoms with Crippen LogP contribution in [0.2, 0.25) is 0 Å². The van der Waals surface area contributed by atoms with Crippen molar-refractivity contribution in [1.29, 1.82) is 0 Å². The Morgan fingerprint density at radius 2 is 1.71 bits per heavy atom. The molecule has 1 amide bonds. The van der Waals surface area contributed by atoms with Crippen LogP contribution in [-0.4, -0.2) is 21.3 Å². The molecule has 1 N–H and O–H groups in total. The second-order valence-electron chi connectivity index (χ2n) is 7.99. The number of nitrogens with one attached hydrogen (secondary N) is 1. The Hall–Kier alpha value is -3.43.